The summed E-state index contributed by atoms with van der Waals surface area (Å²) >= 11 is 0. The first kappa shape index (κ1) is 9.40. The minimum Gasteiger partial charge on any atom is -0.334 e. The fraction of sp³-hybridized carbons (Fsp3) is 0.750. The van der Waals surface area contributed by atoms with Crippen molar-refractivity contribution in [3.05, 3.63) is 18.2 Å². The molecule has 82 valence electrons. The van der Waals surface area contributed by atoms with E-state index < -0.39 is 0 Å². The number of rotatable bonds is 3. The summed E-state index contributed by atoms with van der Waals surface area (Å²) in [4.78, 5) is 4.29. The SMILES string of the molecule is CC1(C)CC1Cn1cncc1C1CNC1. The van der Waals surface area contributed by atoms with Gasteiger partial charge in [0, 0.05) is 37.4 Å². The van der Waals surface area contributed by atoms with Gasteiger partial charge in [-0.2, -0.15) is 0 Å². The van der Waals surface area contributed by atoms with E-state index in [1.165, 1.54) is 18.7 Å². The van der Waals surface area contributed by atoms with Gasteiger partial charge in [-0.25, -0.2) is 4.98 Å². The van der Waals surface area contributed by atoms with Crippen molar-refractivity contribution in [3.63, 3.8) is 0 Å². The van der Waals surface area contributed by atoms with Crippen molar-refractivity contribution in [2.45, 2.75) is 32.7 Å². The molecular weight excluding hydrogens is 186 g/mol. The molecule has 15 heavy (non-hydrogen) atoms. The lowest BCUT2D eigenvalue weighted by atomic mass is 9.99. The molecule has 1 aliphatic carbocycles. The number of aromatic nitrogens is 2. The van der Waals surface area contributed by atoms with E-state index in [1.807, 2.05) is 12.5 Å². The van der Waals surface area contributed by atoms with Crippen molar-refractivity contribution in [1.29, 1.82) is 0 Å². The summed E-state index contributed by atoms with van der Waals surface area (Å²) in [6, 6.07) is 0. The van der Waals surface area contributed by atoms with E-state index in [0.717, 1.165) is 19.0 Å². The van der Waals surface area contributed by atoms with Crippen LogP contribution in [0, 0.1) is 11.3 Å². The molecule has 2 fully saturated rings. The number of hydrogen-bond acceptors (Lipinski definition) is 2. The maximum Gasteiger partial charge on any atom is 0.0948 e. The van der Waals surface area contributed by atoms with Gasteiger partial charge in [-0.1, -0.05) is 13.8 Å². The van der Waals surface area contributed by atoms with Crippen LogP contribution in [0.3, 0.4) is 0 Å². The molecule has 1 atom stereocenters. The maximum absolute atomic E-state index is 4.29. The molecule has 2 aliphatic rings. The number of hydrogen-bond donors (Lipinski definition) is 1. The van der Waals surface area contributed by atoms with Crippen molar-refractivity contribution in [2.24, 2.45) is 11.3 Å². The zero-order valence-corrected chi connectivity index (χ0v) is 9.53. The predicted molar refractivity (Wildman–Crippen MR) is 59.7 cm³/mol. The minimum absolute atomic E-state index is 0.569. The van der Waals surface area contributed by atoms with Crippen molar-refractivity contribution in [2.75, 3.05) is 13.1 Å². The first-order valence-electron chi connectivity index (χ1n) is 5.87. The van der Waals surface area contributed by atoms with Crippen LogP contribution < -0.4 is 5.32 Å². The standard InChI is InChI=1S/C12H19N3/c1-12(2)3-10(12)7-15-8-14-6-11(15)9-4-13-5-9/h6,8-10,13H,3-5,7H2,1-2H3. The summed E-state index contributed by atoms with van der Waals surface area (Å²) in [6.07, 6.45) is 5.41. The summed E-state index contributed by atoms with van der Waals surface area (Å²) in [6.45, 7) is 8.14. The molecule has 1 saturated carbocycles. The normalized spacial score (nSPS) is 28.8. The largest absolute Gasteiger partial charge is 0.334 e. The molecule has 0 spiro atoms. The van der Waals surface area contributed by atoms with Gasteiger partial charge in [0.2, 0.25) is 0 Å². The van der Waals surface area contributed by atoms with E-state index in [1.54, 1.807) is 0 Å². The lowest BCUT2D eigenvalue weighted by Crippen LogP contribution is -2.41. The second-order valence-electron chi connectivity index (χ2n) is 5.72. The molecule has 1 aliphatic heterocycles. The highest BCUT2D eigenvalue weighted by molar-refractivity contribution is 5.12. The second-order valence-corrected chi connectivity index (χ2v) is 5.72. The molecule has 3 rings (SSSR count). The van der Waals surface area contributed by atoms with E-state index >= 15 is 0 Å². The predicted octanol–water partition coefficient (Wildman–Crippen LogP) is 1.62. The van der Waals surface area contributed by atoms with E-state index in [4.69, 9.17) is 0 Å². The third-order valence-corrected chi connectivity index (χ3v) is 4.08. The van der Waals surface area contributed by atoms with Crippen molar-refractivity contribution >= 4 is 0 Å². The summed E-state index contributed by atoms with van der Waals surface area (Å²) in [5.74, 6) is 1.56. The second kappa shape index (κ2) is 3.08. The zero-order valence-electron chi connectivity index (χ0n) is 9.53. The summed E-state index contributed by atoms with van der Waals surface area (Å²) < 4.78 is 2.37. The third-order valence-electron chi connectivity index (χ3n) is 4.08. The summed E-state index contributed by atoms with van der Waals surface area (Å²) in [5.41, 5.74) is 2.00. The molecule has 2 heterocycles. The average Bonchev–Trinajstić information content (AvgIpc) is 2.53. The zero-order chi connectivity index (χ0) is 10.5. The Balaban J connectivity index is 1.72. The van der Waals surface area contributed by atoms with Gasteiger partial charge in [0.1, 0.15) is 0 Å². The van der Waals surface area contributed by atoms with Crippen LogP contribution in [-0.2, 0) is 6.54 Å². The molecule has 0 bridgehead atoms. The smallest absolute Gasteiger partial charge is 0.0948 e. The lowest BCUT2D eigenvalue weighted by molar-refractivity contribution is 0.410. The van der Waals surface area contributed by atoms with Gasteiger partial charge in [-0.15, -0.1) is 0 Å². The highest BCUT2D eigenvalue weighted by Gasteiger charge is 2.45. The lowest BCUT2D eigenvalue weighted by Gasteiger charge is -2.28. The Morgan fingerprint density at radius 3 is 2.80 bits per heavy atom. The van der Waals surface area contributed by atoms with Crippen molar-refractivity contribution in [3.8, 4) is 0 Å². The van der Waals surface area contributed by atoms with Crippen LogP contribution in [0.5, 0.6) is 0 Å². The van der Waals surface area contributed by atoms with E-state index in [2.05, 4.69) is 28.7 Å². The Labute approximate surface area is 90.9 Å². The number of nitrogens with zero attached hydrogens (tertiary/aromatic N) is 2. The molecule has 0 aromatic carbocycles. The Hall–Kier alpha value is -0.830. The first-order valence-corrected chi connectivity index (χ1v) is 5.87. The highest BCUT2D eigenvalue weighted by atomic mass is 15.1. The molecule has 0 radical (unpaired) electrons. The summed E-state index contributed by atoms with van der Waals surface area (Å²) in [5, 5.41) is 3.32. The Morgan fingerprint density at radius 1 is 1.53 bits per heavy atom. The first-order chi connectivity index (χ1) is 7.17. The molecule has 1 aromatic heterocycles. The van der Waals surface area contributed by atoms with Gasteiger partial charge in [0.05, 0.1) is 6.33 Å². The molecule has 1 saturated heterocycles. The van der Waals surface area contributed by atoms with Crippen LogP contribution in [0.15, 0.2) is 12.5 Å². The molecule has 3 heteroatoms. The molecule has 1 unspecified atom stereocenters. The molecule has 0 amide bonds. The van der Waals surface area contributed by atoms with E-state index in [9.17, 15) is 0 Å². The highest BCUT2D eigenvalue weighted by Crippen LogP contribution is 2.52. The Kier molecular flexibility index (Phi) is 1.93. The molecule has 1 N–H and O–H groups in total. The van der Waals surface area contributed by atoms with Crippen LogP contribution in [0.25, 0.3) is 0 Å². The molecular formula is C12H19N3. The van der Waals surface area contributed by atoms with Gasteiger partial charge >= 0.3 is 0 Å². The monoisotopic (exact) mass is 205 g/mol. The Morgan fingerprint density at radius 2 is 2.27 bits per heavy atom. The van der Waals surface area contributed by atoms with Crippen LogP contribution in [0.2, 0.25) is 0 Å². The number of nitrogens with one attached hydrogen (secondary N) is 1. The molecule has 1 aromatic rings. The van der Waals surface area contributed by atoms with Gasteiger partial charge < -0.3 is 9.88 Å². The third kappa shape index (κ3) is 1.59. The maximum atomic E-state index is 4.29. The van der Waals surface area contributed by atoms with Crippen molar-refractivity contribution in [1.82, 2.24) is 14.9 Å². The number of imidazole rings is 1. The van der Waals surface area contributed by atoms with Crippen LogP contribution in [0.4, 0.5) is 0 Å². The fourth-order valence-electron chi connectivity index (χ4n) is 2.45. The minimum atomic E-state index is 0.569. The van der Waals surface area contributed by atoms with Crippen LogP contribution >= 0.6 is 0 Å². The van der Waals surface area contributed by atoms with Gasteiger partial charge in [-0.3, -0.25) is 0 Å². The quantitative estimate of drug-likeness (QED) is 0.812. The van der Waals surface area contributed by atoms with Crippen molar-refractivity contribution < 1.29 is 0 Å². The molecule has 3 nitrogen and oxygen atoms in total. The van der Waals surface area contributed by atoms with E-state index in [-0.39, 0.29) is 0 Å². The Bertz CT molecular complexity index is 363. The average molecular weight is 205 g/mol. The van der Waals surface area contributed by atoms with Crippen LogP contribution in [0.1, 0.15) is 31.9 Å². The summed E-state index contributed by atoms with van der Waals surface area (Å²) in [7, 11) is 0. The van der Waals surface area contributed by atoms with Gasteiger partial charge in [-0.05, 0) is 17.8 Å². The fourth-order valence-corrected chi connectivity index (χ4v) is 2.45. The van der Waals surface area contributed by atoms with E-state index in [0.29, 0.717) is 11.3 Å². The van der Waals surface area contributed by atoms with Gasteiger partial charge in [0.15, 0.2) is 0 Å². The topological polar surface area (TPSA) is 29.9 Å². The van der Waals surface area contributed by atoms with Crippen LogP contribution in [-0.4, -0.2) is 22.6 Å². The van der Waals surface area contributed by atoms with Gasteiger partial charge in [0.25, 0.3) is 0 Å².